The van der Waals surface area contributed by atoms with Crippen molar-refractivity contribution >= 4 is 35.1 Å². The van der Waals surface area contributed by atoms with Crippen LogP contribution in [0.25, 0.3) is 0 Å². The highest BCUT2D eigenvalue weighted by atomic mass is 32.9. The van der Waals surface area contributed by atoms with E-state index in [1.165, 1.54) is 0 Å². The van der Waals surface area contributed by atoms with Crippen molar-refractivity contribution in [3.63, 3.8) is 0 Å². The largest absolute Gasteiger partial charge is 0.327 e. The van der Waals surface area contributed by atoms with Crippen molar-refractivity contribution in [3.8, 4) is 0 Å². The Kier molecular flexibility index (Phi) is 8.58. The summed E-state index contributed by atoms with van der Waals surface area (Å²) in [5.41, 5.74) is -1.94. The number of allylic oxidation sites excluding steroid dienone is 1. The summed E-state index contributed by atoms with van der Waals surface area (Å²) in [6.07, 6.45) is 5.17. The van der Waals surface area contributed by atoms with Gasteiger partial charge in [-0.25, -0.2) is 4.99 Å². The molecule has 14 heavy (non-hydrogen) atoms. The van der Waals surface area contributed by atoms with Crippen molar-refractivity contribution in [2.75, 3.05) is 12.4 Å². The molecule has 0 aliphatic carbocycles. The van der Waals surface area contributed by atoms with Crippen molar-refractivity contribution in [2.24, 2.45) is 4.99 Å². The molecule has 1 unspecified atom stereocenters. The van der Waals surface area contributed by atoms with Crippen LogP contribution in [-0.4, -0.2) is 18.7 Å². The van der Waals surface area contributed by atoms with Crippen LogP contribution in [0.15, 0.2) is 17.3 Å². The maximum atomic E-state index is 5.51. The molecule has 0 amide bonds. The van der Waals surface area contributed by atoms with Crippen molar-refractivity contribution < 1.29 is 4.52 Å². The third kappa shape index (κ3) is 6.60. The van der Waals surface area contributed by atoms with Gasteiger partial charge in [0.05, 0.1) is 12.9 Å². The van der Waals surface area contributed by atoms with Crippen LogP contribution in [0.5, 0.6) is 0 Å². The summed E-state index contributed by atoms with van der Waals surface area (Å²) in [7, 11) is 0. The Bertz CT molecular complexity index is 233. The van der Waals surface area contributed by atoms with Gasteiger partial charge in [-0.15, -0.1) is 0 Å². The maximum Gasteiger partial charge on any atom is 0.211 e. The minimum absolute atomic E-state index is 0.634. The maximum absolute atomic E-state index is 5.51. The molecule has 0 aromatic carbocycles. The van der Waals surface area contributed by atoms with Gasteiger partial charge in [0.2, 0.25) is 5.62 Å². The molecule has 0 heterocycles. The Morgan fingerprint density at radius 1 is 1.57 bits per heavy atom. The van der Waals surface area contributed by atoms with Crippen LogP contribution in [0, 0.1) is 0 Å². The van der Waals surface area contributed by atoms with E-state index in [9.17, 15) is 0 Å². The Morgan fingerprint density at radius 3 is 2.79 bits per heavy atom. The smallest absolute Gasteiger partial charge is 0.211 e. The molecule has 0 fully saturated rings. The molecule has 0 rings (SSSR count). The summed E-state index contributed by atoms with van der Waals surface area (Å²) in [5, 5.41) is 3.06. The van der Waals surface area contributed by atoms with Gasteiger partial charge in [0.25, 0.3) is 0 Å². The number of aliphatic imine (C=N–C) groups is 1. The summed E-state index contributed by atoms with van der Waals surface area (Å²) < 4.78 is 5.51. The second kappa shape index (κ2) is 8.48. The number of hydrogen-bond donors (Lipinski definition) is 1. The third-order valence-corrected chi connectivity index (χ3v) is 6.76. The van der Waals surface area contributed by atoms with Gasteiger partial charge < -0.3 is 9.61 Å². The van der Waals surface area contributed by atoms with E-state index in [1.807, 2.05) is 19.9 Å². The number of nitrogens with zero attached hydrogens (tertiary/aromatic N) is 1. The van der Waals surface area contributed by atoms with Crippen molar-refractivity contribution in [2.45, 2.75) is 20.8 Å². The van der Waals surface area contributed by atoms with E-state index in [4.69, 9.17) is 16.3 Å². The SMILES string of the molecule is C/C=C\N=C\NP(=S)(OCC)SCC. The quantitative estimate of drug-likeness (QED) is 0.429. The highest BCUT2D eigenvalue weighted by Gasteiger charge is 2.14. The zero-order valence-corrected chi connectivity index (χ0v) is 11.3. The zero-order chi connectivity index (χ0) is 10.9. The van der Waals surface area contributed by atoms with Gasteiger partial charge in [-0.1, -0.05) is 24.4 Å². The van der Waals surface area contributed by atoms with Gasteiger partial charge in [-0.3, -0.25) is 0 Å². The first kappa shape index (κ1) is 14.2. The Morgan fingerprint density at radius 2 is 2.29 bits per heavy atom. The molecule has 6 heteroatoms. The first-order chi connectivity index (χ1) is 6.68. The minimum atomic E-state index is -1.94. The molecular weight excluding hydrogens is 235 g/mol. The summed E-state index contributed by atoms with van der Waals surface area (Å²) in [5.74, 6) is 0.946. The molecule has 82 valence electrons. The van der Waals surface area contributed by atoms with Gasteiger partial charge in [0.15, 0.2) is 0 Å². The summed E-state index contributed by atoms with van der Waals surface area (Å²) in [4.78, 5) is 3.99. The van der Waals surface area contributed by atoms with Crippen LogP contribution in [0.1, 0.15) is 20.8 Å². The minimum Gasteiger partial charge on any atom is -0.327 e. The molecule has 0 aliphatic rings. The van der Waals surface area contributed by atoms with Crippen molar-refractivity contribution in [1.82, 2.24) is 5.09 Å². The monoisotopic (exact) mass is 252 g/mol. The molecule has 1 atom stereocenters. The molecule has 0 bridgehead atoms. The fourth-order valence-corrected chi connectivity index (χ4v) is 5.13. The zero-order valence-electron chi connectivity index (χ0n) is 8.77. The third-order valence-electron chi connectivity index (χ3n) is 1.12. The summed E-state index contributed by atoms with van der Waals surface area (Å²) in [6, 6.07) is 0. The highest BCUT2D eigenvalue weighted by Crippen LogP contribution is 2.55. The Balaban J connectivity index is 4.15. The van der Waals surface area contributed by atoms with Gasteiger partial charge in [-0.2, -0.15) is 0 Å². The van der Waals surface area contributed by atoms with E-state index in [2.05, 4.69) is 17.0 Å². The molecule has 0 aliphatic heterocycles. The van der Waals surface area contributed by atoms with E-state index in [1.54, 1.807) is 23.9 Å². The molecule has 1 N–H and O–H groups in total. The van der Waals surface area contributed by atoms with Gasteiger partial charge in [0, 0.05) is 6.20 Å². The van der Waals surface area contributed by atoms with E-state index >= 15 is 0 Å². The fourth-order valence-electron chi connectivity index (χ4n) is 0.685. The summed E-state index contributed by atoms with van der Waals surface area (Å²) in [6.45, 7) is 6.56. The van der Waals surface area contributed by atoms with E-state index in [-0.39, 0.29) is 0 Å². The topological polar surface area (TPSA) is 33.6 Å². The Hall–Kier alpha value is 0.170. The van der Waals surface area contributed by atoms with Crippen molar-refractivity contribution in [1.29, 1.82) is 0 Å². The molecule has 0 saturated heterocycles. The molecule has 0 aromatic heterocycles. The van der Waals surface area contributed by atoms with E-state index < -0.39 is 5.62 Å². The average Bonchev–Trinajstić information content (AvgIpc) is 2.13. The first-order valence-corrected chi connectivity index (χ1v) is 8.79. The van der Waals surface area contributed by atoms with Crippen LogP contribution in [0.2, 0.25) is 0 Å². The van der Waals surface area contributed by atoms with Crippen LogP contribution in [-0.2, 0) is 16.3 Å². The molecule has 0 radical (unpaired) electrons. The average molecular weight is 252 g/mol. The highest BCUT2D eigenvalue weighted by molar-refractivity contribution is 8.68. The van der Waals surface area contributed by atoms with Gasteiger partial charge >= 0.3 is 0 Å². The first-order valence-electron chi connectivity index (χ1n) is 4.48. The number of nitrogens with one attached hydrogen (secondary N) is 1. The Labute approximate surface area is 95.3 Å². The molecular formula is C8H17N2OPS2. The predicted octanol–water partition coefficient (Wildman–Crippen LogP) is 3.15. The van der Waals surface area contributed by atoms with Crippen LogP contribution in [0.4, 0.5) is 0 Å². The van der Waals surface area contributed by atoms with Crippen molar-refractivity contribution in [3.05, 3.63) is 12.3 Å². The predicted molar refractivity (Wildman–Crippen MR) is 70.5 cm³/mol. The lowest BCUT2D eigenvalue weighted by atomic mass is 10.7. The molecule has 0 saturated carbocycles. The summed E-state index contributed by atoms with van der Waals surface area (Å²) >= 11 is 7.01. The van der Waals surface area contributed by atoms with Crippen LogP contribution in [0.3, 0.4) is 0 Å². The van der Waals surface area contributed by atoms with E-state index in [0.29, 0.717) is 6.61 Å². The number of rotatable bonds is 7. The van der Waals surface area contributed by atoms with Gasteiger partial charge in [-0.05, 0) is 31.4 Å². The second-order valence-corrected chi connectivity index (χ2v) is 9.12. The van der Waals surface area contributed by atoms with Gasteiger partial charge in [0.1, 0.15) is 0 Å². The molecule has 0 spiro atoms. The normalized spacial score (nSPS) is 16.2. The van der Waals surface area contributed by atoms with Crippen LogP contribution >= 0.6 is 17.0 Å². The number of hydrogen-bond acceptors (Lipinski definition) is 4. The lowest BCUT2D eigenvalue weighted by molar-refractivity contribution is 0.383. The standard InChI is InChI=1S/C8H17N2OPS2/c1-4-7-9-8-10-12(13,11-5-2)14-6-3/h4,7-8H,5-6H2,1-3H3,(H,9,10,13)/b7-4-. The fraction of sp³-hybridized carbons (Fsp3) is 0.625. The lowest BCUT2D eigenvalue weighted by Crippen LogP contribution is -2.07. The van der Waals surface area contributed by atoms with E-state index in [0.717, 1.165) is 5.75 Å². The van der Waals surface area contributed by atoms with Crippen LogP contribution < -0.4 is 5.09 Å². The second-order valence-electron chi connectivity index (χ2n) is 2.22. The molecule has 3 nitrogen and oxygen atoms in total. The lowest BCUT2D eigenvalue weighted by Gasteiger charge is -2.19. The molecule has 0 aromatic rings.